The van der Waals surface area contributed by atoms with E-state index in [1.807, 2.05) is 24.3 Å². The summed E-state index contributed by atoms with van der Waals surface area (Å²) in [7, 11) is 0. The zero-order chi connectivity index (χ0) is 18.4. The lowest BCUT2D eigenvalue weighted by atomic mass is 10.0. The van der Waals surface area contributed by atoms with E-state index in [4.69, 9.17) is 4.74 Å². The summed E-state index contributed by atoms with van der Waals surface area (Å²) in [5.41, 5.74) is 1.18. The van der Waals surface area contributed by atoms with Crippen molar-refractivity contribution in [2.24, 2.45) is 0 Å². The van der Waals surface area contributed by atoms with Gasteiger partial charge in [-0.1, -0.05) is 19.1 Å². The predicted octanol–water partition coefficient (Wildman–Crippen LogP) is 4.17. The highest BCUT2D eigenvalue weighted by Gasteiger charge is 2.22. The zero-order valence-corrected chi connectivity index (χ0v) is 15.4. The highest BCUT2D eigenvalue weighted by Crippen LogP contribution is 2.27. The molecule has 1 unspecified atom stereocenters. The molecule has 1 aromatic heterocycles. The van der Waals surface area contributed by atoms with Crippen molar-refractivity contribution in [1.29, 1.82) is 0 Å². The second-order valence-electron chi connectivity index (χ2n) is 6.40. The minimum atomic E-state index is -0.341. The van der Waals surface area contributed by atoms with Crippen molar-refractivity contribution in [3.8, 4) is 0 Å². The third-order valence-corrected chi connectivity index (χ3v) is 4.73. The first-order chi connectivity index (χ1) is 12.7. The first-order valence-electron chi connectivity index (χ1n) is 9.34. The number of rotatable bonds is 6. The first kappa shape index (κ1) is 18.2. The quantitative estimate of drug-likeness (QED) is 0.786. The number of anilines is 3. The molecule has 0 amide bonds. The van der Waals surface area contributed by atoms with Crippen molar-refractivity contribution in [3.05, 3.63) is 42.2 Å². The van der Waals surface area contributed by atoms with Crippen LogP contribution in [0.15, 0.2) is 36.7 Å². The summed E-state index contributed by atoms with van der Waals surface area (Å²) < 4.78 is 5.13. The number of hydrogen-bond acceptors (Lipinski definition) is 6. The van der Waals surface area contributed by atoms with Gasteiger partial charge in [-0.2, -0.15) is 0 Å². The van der Waals surface area contributed by atoms with E-state index in [0.29, 0.717) is 29.7 Å². The van der Waals surface area contributed by atoms with Gasteiger partial charge in [-0.15, -0.1) is 0 Å². The third-order valence-electron chi connectivity index (χ3n) is 4.73. The largest absolute Gasteiger partial charge is 0.462 e. The van der Waals surface area contributed by atoms with Crippen LogP contribution >= 0.6 is 0 Å². The molecule has 26 heavy (non-hydrogen) atoms. The van der Waals surface area contributed by atoms with Crippen LogP contribution < -0.4 is 10.2 Å². The molecule has 1 atom stereocenters. The lowest BCUT2D eigenvalue weighted by Crippen LogP contribution is -2.39. The second kappa shape index (κ2) is 8.65. The Bertz CT molecular complexity index is 750. The third kappa shape index (κ3) is 4.12. The number of ether oxygens (including phenoxy) is 1. The van der Waals surface area contributed by atoms with Crippen LogP contribution in [0.1, 0.15) is 49.9 Å². The topological polar surface area (TPSA) is 67.3 Å². The molecule has 138 valence electrons. The predicted molar refractivity (Wildman–Crippen MR) is 103 cm³/mol. The maximum atomic E-state index is 12.1. The van der Waals surface area contributed by atoms with Crippen LogP contribution in [0.25, 0.3) is 0 Å². The van der Waals surface area contributed by atoms with E-state index in [1.165, 1.54) is 19.3 Å². The number of carbonyl (C=O) groups is 1. The number of carbonyl (C=O) groups excluding carboxylic acids is 1. The monoisotopic (exact) mass is 354 g/mol. The molecule has 1 aliphatic heterocycles. The number of piperidine rings is 1. The Morgan fingerprint density at radius 1 is 1.27 bits per heavy atom. The SMILES string of the molecule is CCOC(=O)c1ccccc1Nc1cc(N2CCCCC2CC)ncn1. The fourth-order valence-electron chi connectivity index (χ4n) is 3.42. The number of nitrogens with zero attached hydrogens (tertiary/aromatic N) is 3. The summed E-state index contributed by atoms with van der Waals surface area (Å²) in [5, 5.41) is 3.25. The van der Waals surface area contributed by atoms with Gasteiger partial charge in [-0.3, -0.25) is 0 Å². The first-order valence-corrected chi connectivity index (χ1v) is 9.34. The molecule has 0 bridgehead atoms. The van der Waals surface area contributed by atoms with Gasteiger partial charge in [0.25, 0.3) is 0 Å². The molecule has 0 saturated carbocycles. The normalized spacial score (nSPS) is 17.0. The second-order valence-corrected chi connectivity index (χ2v) is 6.40. The maximum Gasteiger partial charge on any atom is 0.340 e. The van der Waals surface area contributed by atoms with Crippen molar-refractivity contribution in [1.82, 2.24) is 9.97 Å². The van der Waals surface area contributed by atoms with Crippen LogP contribution in [0, 0.1) is 0 Å². The van der Waals surface area contributed by atoms with Gasteiger partial charge in [-0.25, -0.2) is 14.8 Å². The Hall–Kier alpha value is -2.63. The molecule has 1 saturated heterocycles. The molecule has 0 aliphatic carbocycles. The van der Waals surface area contributed by atoms with Gasteiger partial charge < -0.3 is 15.0 Å². The summed E-state index contributed by atoms with van der Waals surface area (Å²) in [6.07, 6.45) is 6.35. The van der Waals surface area contributed by atoms with Crippen LogP contribution in [0.3, 0.4) is 0 Å². The number of esters is 1. The van der Waals surface area contributed by atoms with E-state index in [2.05, 4.69) is 27.1 Å². The molecule has 1 N–H and O–H groups in total. The van der Waals surface area contributed by atoms with Gasteiger partial charge in [-0.05, 0) is 44.7 Å². The van der Waals surface area contributed by atoms with Crippen LogP contribution in [0.2, 0.25) is 0 Å². The van der Waals surface area contributed by atoms with Crippen LogP contribution in [-0.2, 0) is 4.74 Å². The Morgan fingerprint density at radius 3 is 2.92 bits per heavy atom. The minimum absolute atomic E-state index is 0.341. The van der Waals surface area contributed by atoms with Crippen LogP contribution in [0.5, 0.6) is 0 Å². The summed E-state index contributed by atoms with van der Waals surface area (Å²) in [4.78, 5) is 23.3. The molecule has 0 radical (unpaired) electrons. The van der Waals surface area contributed by atoms with E-state index < -0.39 is 0 Å². The van der Waals surface area contributed by atoms with Crippen LogP contribution in [-0.4, -0.2) is 35.1 Å². The molecular formula is C20H26N4O2. The Labute approximate surface area is 154 Å². The number of hydrogen-bond donors (Lipinski definition) is 1. The molecule has 6 nitrogen and oxygen atoms in total. The summed E-state index contributed by atoms with van der Waals surface area (Å²) >= 11 is 0. The minimum Gasteiger partial charge on any atom is -0.462 e. The summed E-state index contributed by atoms with van der Waals surface area (Å²) in [6.45, 7) is 5.39. The van der Waals surface area contributed by atoms with E-state index in [0.717, 1.165) is 18.8 Å². The average Bonchev–Trinajstić information content (AvgIpc) is 2.69. The van der Waals surface area contributed by atoms with E-state index in [9.17, 15) is 4.79 Å². The molecule has 1 fully saturated rings. The van der Waals surface area contributed by atoms with Gasteiger partial charge in [0.15, 0.2) is 0 Å². The summed E-state index contributed by atoms with van der Waals surface area (Å²) in [5.74, 6) is 1.27. The molecule has 2 aromatic rings. The van der Waals surface area contributed by atoms with Gasteiger partial charge in [0.1, 0.15) is 18.0 Å². The van der Waals surface area contributed by atoms with Gasteiger partial charge in [0.2, 0.25) is 0 Å². The van der Waals surface area contributed by atoms with Gasteiger partial charge >= 0.3 is 5.97 Å². The molecule has 6 heteroatoms. The highest BCUT2D eigenvalue weighted by atomic mass is 16.5. The number of para-hydroxylation sites is 1. The lowest BCUT2D eigenvalue weighted by molar-refractivity contribution is 0.0527. The Balaban J connectivity index is 1.82. The van der Waals surface area contributed by atoms with Gasteiger partial charge in [0.05, 0.1) is 17.9 Å². The van der Waals surface area contributed by atoms with E-state index in [1.54, 1.807) is 19.3 Å². The van der Waals surface area contributed by atoms with Gasteiger partial charge in [0, 0.05) is 18.7 Å². The maximum absolute atomic E-state index is 12.1. The highest BCUT2D eigenvalue weighted by molar-refractivity contribution is 5.96. The molecule has 1 aliphatic rings. The fourth-order valence-corrected chi connectivity index (χ4v) is 3.42. The Morgan fingerprint density at radius 2 is 2.12 bits per heavy atom. The molecule has 2 heterocycles. The number of nitrogens with one attached hydrogen (secondary N) is 1. The average molecular weight is 354 g/mol. The zero-order valence-electron chi connectivity index (χ0n) is 15.4. The smallest absolute Gasteiger partial charge is 0.340 e. The van der Waals surface area contributed by atoms with E-state index in [-0.39, 0.29) is 5.97 Å². The molecule has 1 aromatic carbocycles. The van der Waals surface area contributed by atoms with E-state index >= 15 is 0 Å². The lowest BCUT2D eigenvalue weighted by Gasteiger charge is -2.36. The van der Waals surface area contributed by atoms with Crippen molar-refractivity contribution >= 4 is 23.3 Å². The van der Waals surface area contributed by atoms with Crippen LogP contribution in [0.4, 0.5) is 17.3 Å². The van der Waals surface area contributed by atoms with Crippen molar-refractivity contribution in [3.63, 3.8) is 0 Å². The number of aromatic nitrogens is 2. The molecule has 0 spiro atoms. The van der Waals surface area contributed by atoms with Crippen molar-refractivity contribution in [2.75, 3.05) is 23.4 Å². The molecular weight excluding hydrogens is 328 g/mol. The fraction of sp³-hybridized carbons (Fsp3) is 0.450. The Kier molecular flexibility index (Phi) is 6.04. The number of benzene rings is 1. The summed E-state index contributed by atoms with van der Waals surface area (Å²) in [6, 6.07) is 9.78. The van der Waals surface area contributed by atoms with Crippen molar-refractivity contribution < 1.29 is 9.53 Å². The molecule has 3 rings (SSSR count). The standard InChI is InChI=1S/C20H26N4O2/c1-3-15-9-7-8-12-24(15)19-13-18(21-14-22-19)23-17-11-6-5-10-16(17)20(25)26-4-2/h5-6,10-11,13-15H,3-4,7-9,12H2,1-2H3,(H,21,22,23). The van der Waals surface area contributed by atoms with Crippen molar-refractivity contribution in [2.45, 2.75) is 45.6 Å².